The predicted molar refractivity (Wildman–Crippen MR) is 48.7 cm³/mol. The van der Waals surface area contributed by atoms with Crippen molar-refractivity contribution in [3.8, 4) is 5.75 Å². The van der Waals surface area contributed by atoms with Crippen LogP contribution in [0.15, 0.2) is 18.3 Å². The topological polar surface area (TPSA) is 48.1 Å². The lowest BCUT2D eigenvalue weighted by atomic mass is 10.3. The molecule has 0 aromatic carbocycles. The molecule has 0 aliphatic carbocycles. The van der Waals surface area contributed by atoms with Crippen molar-refractivity contribution in [1.29, 1.82) is 0 Å². The number of pyridine rings is 1. The minimum Gasteiger partial charge on any atom is -0.471 e. The molecule has 102 valence electrons. The summed E-state index contributed by atoms with van der Waals surface area (Å²) in [5.41, 5.74) is 5.28. The zero-order chi connectivity index (χ0) is 14.0. The van der Waals surface area contributed by atoms with E-state index in [1.807, 2.05) is 0 Å². The number of halogens is 6. The molecular weight excluding hydrogens is 266 g/mol. The maximum absolute atomic E-state index is 12.2. The van der Waals surface area contributed by atoms with Crippen molar-refractivity contribution in [2.75, 3.05) is 0 Å². The van der Waals surface area contributed by atoms with Gasteiger partial charge in [-0.1, -0.05) is 0 Å². The number of nitrogens with two attached hydrogens (primary N) is 1. The molecule has 1 aromatic rings. The first-order valence-electron chi connectivity index (χ1n) is 4.59. The highest BCUT2D eigenvalue weighted by molar-refractivity contribution is 5.23. The Balaban J connectivity index is 2.97. The molecule has 0 aliphatic rings. The Morgan fingerprint density at radius 2 is 1.72 bits per heavy atom. The molecule has 0 saturated carbocycles. The van der Waals surface area contributed by atoms with Gasteiger partial charge in [-0.3, -0.25) is 4.98 Å². The summed E-state index contributed by atoms with van der Waals surface area (Å²) in [6.07, 6.45) is -14.0. The van der Waals surface area contributed by atoms with Crippen LogP contribution in [0.1, 0.15) is 5.69 Å². The standard InChI is InChI=1S/C9H8F6N2O/c10-8(11,12)7(9(13,14)15)18-6-1-2-17-5(3-6)4-16/h1-3,7H,4,16H2. The second kappa shape index (κ2) is 5.01. The van der Waals surface area contributed by atoms with Crippen LogP contribution < -0.4 is 10.5 Å². The molecule has 0 fully saturated rings. The molecule has 2 N–H and O–H groups in total. The van der Waals surface area contributed by atoms with Crippen LogP contribution in [0.4, 0.5) is 26.3 Å². The van der Waals surface area contributed by atoms with Gasteiger partial charge in [-0.25, -0.2) is 0 Å². The van der Waals surface area contributed by atoms with Crippen molar-refractivity contribution in [2.24, 2.45) is 5.73 Å². The molecule has 1 heterocycles. The largest absolute Gasteiger partial charge is 0.471 e. The van der Waals surface area contributed by atoms with Crippen LogP contribution in [0.5, 0.6) is 5.75 Å². The molecule has 1 aromatic heterocycles. The average Bonchev–Trinajstić information content (AvgIpc) is 2.23. The van der Waals surface area contributed by atoms with Crippen LogP contribution in [0.3, 0.4) is 0 Å². The van der Waals surface area contributed by atoms with Gasteiger partial charge in [-0.05, 0) is 6.07 Å². The number of rotatable bonds is 3. The summed E-state index contributed by atoms with van der Waals surface area (Å²) in [6, 6.07) is 1.81. The highest BCUT2D eigenvalue weighted by Crippen LogP contribution is 2.36. The number of nitrogens with zero attached hydrogens (tertiary/aromatic N) is 1. The fraction of sp³-hybridized carbons (Fsp3) is 0.444. The van der Waals surface area contributed by atoms with Crippen LogP contribution in [0, 0.1) is 0 Å². The molecule has 0 spiro atoms. The number of hydrogen-bond donors (Lipinski definition) is 1. The van der Waals surface area contributed by atoms with Gasteiger partial charge in [0.1, 0.15) is 5.75 Å². The van der Waals surface area contributed by atoms with Crippen molar-refractivity contribution in [3.05, 3.63) is 24.0 Å². The third kappa shape index (κ3) is 3.76. The van der Waals surface area contributed by atoms with Crippen LogP contribution >= 0.6 is 0 Å². The summed E-state index contributed by atoms with van der Waals surface area (Å²) in [5.74, 6) is -0.592. The summed E-state index contributed by atoms with van der Waals surface area (Å²) in [4.78, 5) is 3.62. The summed E-state index contributed by atoms with van der Waals surface area (Å²) in [5, 5.41) is 0. The van der Waals surface area contributed by atoms with Gasteiger partial charge in [0.25, 0.3) is 6.10 Å². The summed E-state index contributed by atoms with van der Waals surface area (Å²) >= 11 is 0. The van der Waals surface area contributed by atoms with E-state index in [1.165, 1.54) is 0 Å². The van der Waals surface area contributed by atoms with Crippen LogP contribution in [-0.4, -0.2) is 23.4 Å². The number of aromatic nitrogens is 1. The second-order valence-electron chi connectivity index (χ2n) is 3.27. The molecule has 0 radical (unpaired) electrons. The maximum atomic E-state index is 12.2. The number of hydrogen-bond acceptors (Lipinski definition) is 3. The summed E-state index contributed by atoms with van der Waals surface area (Å²) < 4.78 is 77.1. The fourth-order valence-corrected chi connectivity index (χ4v) is 1.10. The van der Waals surface area contributed by atoms with Crippen LogP contribution in [0.2, 0.25) is 0 Å². The minimum atomic E-state index is -5.55. The van der Waals surface area contributed by atoms with Gasteiger partial charge in [-0.2, -0.15) is 26.3 Å². The quantitative estimate of drug-likeness (QED) is 0.861. The van der Waals surface area contributed by atoms with E-state index in [9.17, 15) is 26.3 Å². The average molecular weight is 274 g/mol. The van der Waals surface area contributed by atoms with E-state index < -0.39 is 24.2 Å². The lowest BCUT2D eigenvalue weighted by Crippen LogP contribution is -2.46. The molecule has 0 bridgehead atoms. The first kappa shape index (κ1) is 14.6. The maximum Gasteiger partial charge on any atom is 0.434 e. The Kier molecular flexibility index (Phi) is 4.05. The molecule has 0 aliphatic heterocycles. The monoisotopic (exact) mass is 274 g/mol. The Morgan fingerprint density at radius 1 is 1.17 bits per heavy atom. The zero-order valence-corrected chi connectivity index (χ0v) is 8.72. The summed E-state index contributed by atoms with van der Waals surface area (Å²) in [6.45, 7) is -0.125. The van der Waals surface area contributed by atoms with Gasteiger partial charge in [0.05, 0.1) is 5.69 Å². The van der Waals surface area contributed by atoms with Gasteiger partial charge in [-0.15, -0.1) is 0 Å². The summed E-state index contributed by atoms with van der Waals surface area (Å²) in [7, 11) is 0. The molecule has 9 heteroatoms. The predicted octanol–water partition coefficient (Wildman–Crippen LogP) is 2.41. The van der Waals surface area contributed by atoms with E-state index in [4.69, 9.17) is 5.73 Å². The highest BCUT2D eigenvalue weighted by atomic mass is 19.4. The second-order valence-corrected chi connectivity index (χ2v) is 3.27. The van der Waals surface area contributed by atoms with Crippen LogP contribution in [-0.2, 0) is 6.54 Å². The Labute approximate surface area is 97.6 Å². The Morgan fingerprint density at radius 3 is 2.17 bits per heavy atom. The smallest absolute Gasteiger partial charge is 0.434 e. The number of alkyl halides is 6. The van der Waals surface area contributed by atoms with E-state index in [0.717, 1.165) is 18.3 Å². The van der Waals surface area contributed by atoms with Crippen molar-refractivity contribution < 1.29 is 31.1 Å². The number of ether oxygens (including phenoxy) is 1. The minimum absolute atomic E-state index is 0.121. The van der Waals surface area contributed by atoms with Crippen molar-refractivity contribution in [3.63, 3.8) is 0 Å². The third-order valence-corrected chi connectivity index (χ3v) is 1.85. The van der Waals surface area contributed by atoms with E-state index in [0.29, 0.717) is 0 Å². The SMILES string of the molecule is NCc1cc(OC(C(F)(F)F)C(F)(F)F)ccn1. The van der Waals surface area contributed by atoms with Crippen molar-refractivity contribution in [1.82, 2.24) is 4.98 Å². The first-order chi connectivity index (χ1) is 8.14. The first-order valence-corrected chi connectivity index (χ1v) is 4.59. The molecule has 0 atom stereocenters. The van der Waals surface area contributed by atoms with E-state index in [-0.39, 0.29) is 12.2 Å². The van der Waals surface area contributed by atoms with E-state index >= 15 is 0 Å². The van der Waals surface area contributed by atoms with E-state index in [2.05, 4.69) is 9.72 Å². The van der Waals surface area contributed by atoms with Gasteiger partial charge in [0, 0.05) is 18.8 Å². The van der Waals surface area contributed by atoms with E-state index in [1.54, 1.807) is 0 Å². The van der Waals surface area contributed by atoms with Gasteiger partial charge in [0.15, 0.2) is 0 Å². The lowest BCUT2D eigenvalue weighted by Gasteiger charge is -2.23. The van der Waals surface area contributed by atoms with Gasteiger partial charge >= 0.3 is 12.4 Å². The molecule has 3 nitrogen and oxygen atoms in total. The Hall–Kier alpha value is -1.51. The van der Waals surface area contributed by atoms with Gasteiger partial charge < -0.3 is 10.5 Å². The molecule has 1 rings (SSSR count). The molecule has 18 heavy (non-hydrogen) atoms. The highest BCUT2D eigenvalue weighted by Gasteiger charge is 2.59. The zero-order valence-electron chi connectivity index (χ0n) is 8.72. The molecular formula is C9H8F6N2O. The van der Waals surface area contributed by atoms with Crippen LogP contribution in [0.25, 0.3) is 0 Å². The van der Waals surface area contributed by atoms with Crippen molar-refractivity contribution in [2.45, 2.75) is 25.0 Å². The van der Waals surface area contributed by atoms with Gasteiger partial charge in [0.2, 0.25) is 0 Å². The van der Waals surface area contributed by atoms with Crippen molar-refractivity contribution >= 4 is 0 Å². The normalized spacial score (nSPS) is 12.9. The third-order valence-electron chi connectivity index (χ3n) is 1.85. The molecule has 0 amide bonds. The lowest BCUT2D eigenvalue weighted by molar-refractivity contribution is -0.299. The fourth-order valence-electron chi connectivity index (χ4n) is 1.10. The Bertz CT molecular complexity index is 389. The molecule has 0 saturated heterocycles. The molecule has 0 unspecified atom stereocenters.